The molecule has 17 heavy (non-hydrogen) atoms. The highest BCUT2D eigenvalue weighted by atomic mass is 35.5. The maximum Gasteiger partial charge on any atom is 0.0860 e. The normalized spacial score (nSPS) is 24.1. The van der Waals surface area contributed by atoms with Gasteiger partial charge in [0.1, 0.15) is 0 Å². The minimum atomic E-state index is 0.525. The van der Waals surface area contributed by atoms with Crippen molar-refractivity contribution in [1.82, 2.24) is 4.90 Å². The first-order chi connectivity index (χ1) is 8.24. The van der Waals surface area contributed by atoms with E-state index in [0.717, 1.165) is 36.8 Å². The first-order valence-electron chi connectivity index (χ1n) is 6.01. The van der Waals surface area contributed by atoms with Gasteiger partial charge < -0.3 is 9.80 Å². The molecule has 0 saturated carbocycles. The number of rotatable bonds is 0. The first-order valence-corrected chi connectivity index (χ1v) is 6.39. The maximum atomic E-state index is 6.10. The van der Waals surface area contributed by atoms with Crippen LogP contribution in [0, 0.1) is 0 Å². The molecule has 3 rings (SSSR count). The average Bonchev–Trinajstić information content (AvgIpc) is 2.47. The molecule has 2 heterocycles. The number of hydrogen-bond acceptors (Lipinski definition) is 3. The van der Waals surface area contributed by atoms with Crippen molar-refractivity contribution in [3.05, 3.63) is 23.2 Å². The van der Waals surface area contributed by atoms with E-state index in [4.69, 9.17) is 11.6 Å². The van der Waals surface area contributed by atoms with Crippen LogP contribution >= 0.6 is 11.6 Å². The molecule has 0 bridgehead atoms. The van der Waals surface area contributed by atoms with Gasteiger partial charge in [-0.2, -0.15) is 0 Å². The molecule has 90 valence electrons. The summed E-state index contributed by atoms with van der Waals surface area (Å²) < 4.78 is 0. The minimum absolute atomic E-state index is 0.525. The Labute approximate surface area is 107 Å². The number of hydrogen-bond donors (Lipinski definition) is 0. The Morgan fingerprint density at radius 3 is 3.12 bits per heavy atom. The second-order valence-corrected chi connectivity index (χ2v) is 5.23. The molecule has 1 atom stereocenters. The van der Waals surface area contributed by atoms with E-state index < -0.39 is 0 Å². The molecule has 0 radical (unpaired) electrons. The third kappa shape index (κ3) is 2.05. The van der Waals surface area contributed by atoms with E-state index in [1.807, 2.05) is 24.4 Å². The number of fused-ring (bicyclic) bond motifs is 3. The van der Waals surface area contributed by atoms with Gasteiger partial charge in [-0.3, -0.25) is 4.99 Å². The van der Waals surface area contributed by atoms with Crippen LogP contribution in [0.15, 0.2) is 23.2 Å². The Bertz CT molecular complexity index is 458. The van der Waals surface area contributed by atoms with Crippen molar-refractivity contribution < 1.29 is 0 Å². The summed E-state index contributed by atoms with van der Waals surface area (Å²) in [6.45, 7) is 3.25. The number of likely N-dealkylation sites (N-methyl/N-ethyl adjacent to an activating group) is 1. The lowest BCUT2D eigenvalue weighted by molar-refractivity contribution is 0.271. The molecule has 2 aliphatic heterocycles. The standard InChI is InChI=1S/C13H16ClN3/c1-16-6-7-17-11(9-16)4-5-15-12-3-2-10(14)8-13(12)17/h2-3,5,8,11H,4,6-7,9H2,1H3. The van der Waals surface area contributed by atoms with E-state index in [-0.39, 0.29) is 0 Å². The first kappa shape index (κ1) is 11.1. The Hall–Kier alpha value is -1.06. The third-order valence-corrected chi connectivity index (χ3v) is 3.78. The van der Waals surface area contributed by atoms with E-state index >= 15 is 0 Å². The molecule has 2 aliphatic rings. The van der Waals surface area contributed by atoms with Crippen LogP contribution in [-0.2, 0) is 0 Å². The Kier molecular flexibility index (Phi) is 2.81. The largest absolute Gasteiger partial charge is 0.364 e. The fraction of sp³-hybridized carbons (Fsp3) is 0.462. The summed E-state index contributed by atoms with van der Waals surface area (Å²) in [5.74, 6) is 0. The zero-order chi connectivity index (χ0) is 11.8. The lowest BCUT2D eigenvalue weighted by atomic mass is 10.1. The Morgan fingerprint density at radius 2 is 2.24 bits per heavy atom. The van der Waals surface area contributed by atoms with Crippen LogP contribution < -0.4 is 4.90 Å². The van der Waals surface area contributed by atoms with Crippen molar-refractivity contribution in [2.45, 2.75) is 12.5 Å². The number of aliphatic imine (C=N–C) groups is 1. The second kappa shape index (κ2) is 4.31. The van der Waals surface area contributed by atoms with Crippen molar-refractivity contribution in [2.75, 3.05) is 31.6 Å². The highest BCUT2D eigenvalue weighted by Crippen LogP contribution is 2.35. The number of benzene rings is 1. The molecular formula is C13H16ClN3. The van der Waals surface area contributed by atoms with Gasteiger partial charge in [-0.1, -0.05) is 11.6 Å². The molecule has 0 aliphatic carbocycles. The number of piperazine rings is 1. The molecule has 1 aromatic carbocycles. The number of anilines is 1. The fourth-order valence-corrected chi connectivity index (χ4v) is 2.80. The summed E-state index contributed by atoms with van der Waals surface area (Å²) in [6.07, 6.45) is 3.05. The highest BCUT2D eigenvalue weighted by Gasteiger charge is 2.27. The molecule has 3 nitrogen and oxygen atoms in total. The molecule has 1 saturated heterocycles. The van der Waals surface area contributed by atoms with E-state index in [0.29, 0.717) is 6.04 Å². The molecular weight excluding hydrogens is 234 g/mol. The zero-order valence-corrected chi connectivity index (χ0v) is 10.7. The quantitative estimate of drug-likeness (QED) is 0.704. The lowest BCUT2D eigenvalue weighted by Gasteiger charge is -2.40. The Balaban J connectivity index is 2.02. The third-order valence-electron chi connectivity index (χ3n) is 3.54. The van der Waals surface area contributed by atoms with Crippen LogP contribution in [0.3, 0.4) is 0 Å². The summed E-state index contributed by atoms with van der Waals surface area (Å²) in [5.41, 5.74) is 2.23. The van der Waals surface area contributed by atoms with Gasteiger partial charge in [-0.05, 0) is 25.2 Å². The van der Waals surface area contributed by atoms with Crippen molar-refractivity contribution in [1.29, 1.82) is 0 Å². The van der Waals surface area contributed by atoms with Gasteiger partial charge in [-0.15, -0.1) is 0 Å². The van der Waals surface area contributed by atoms with Gasteiger partial charge >= 0.3 is 0 Å². The predicted octanol–water partition coefficient (Wildman–Crippen LogP) is 2.57. The SMILES string of the molecule is CN1CCN2c3cc(Cl)ccc3N=CCC2C1. The molecule has 0 amide bonds. The van der Waals surface area contributed by atoms with Gasteiger partial charge in [0.15, 0.2) is 0 Å². The van der Waals surface area contributed by atoms with Crippen molar-refractivity contribution in [3.8, 4) is 0 Å². The maximum absolute atomic E-state index is 6.10. The smallest absolute Gasteiger partial charge is 0.0860 e. The summed E-state index contributed by atoms with van der Waals surface area (Å²) >= 11 is 6.10. The van der Waals surface area contributed by atoms with Gasteiger partial charge in [0.2, 0.25) is 0 Å². The van der Waals surface area contributed by atoms with Crippen LogP contribution in [0.2, 0.25) is 5.02 Å². The Morgan fingerprint density at radius 1 is 1.35 bits per heavy atom. The monoisotopic (exact) mass is 249 g/mol. The number of nitrogens with zero attached hydrogens (tertiary/aromatic N) is 3. The van der Waals surface area contributed by atoms with Gasteiger partial charge in [0, 0.05) is 43.3 Å². The molecule has 0 aromatic heterocycles. The van der Waals surface area contributed by atoms with E-state index in [1.54, 1.807) is 0 Å². The topological polar surface area (TPSA) is 18.8 Å². The van der Waals surface area contributed by atoms with Crippen LogP contribution in [0.5, 0.6) is 0 Å². The number of halogens is 1. The van der Waals surface area contributed by atoms with Crippen LogP contribution in [0.1, 0.15) is 6.42 Å². The van der Waals surface area contributed by atoms with Crippen molar-refractivity contribution >= 4 is 29.2 Å². The fourth-order valence-electron chi connectivity index (χ4n) is 2.64. The lowest BCUT2D eigenvalue weighted by Crippen LogP contribution is -2.51. The average molecular weight is 250 g/mol. The van der Waals surface area contributed by atoms with Crippen LogP contribution in [0.25, 0.3) is 0 Å². The van der Waals surface area contributed by atoms with Gasteiger partial charge in [0.25, 0.3) is 0 Å². The summed E-state index contributed by atoms with van der Waals surface area (Å²) in [4.78, 5) is 9.37. The summed E-state index contributed by atoms with van der Waals surface area (Å²) in [7, 11) is 2.18. The zero-order valence-electron chi connectivity index (χ0n) is 9.93. The van der Waals surface area contributed by atoms with Gasteiger partial charge in [-0.25, -0.2) is 0 Å². The molecule has 1 fully saturated rings. The highest BCUT2D eigenvalue weighted by molar-refractivity contribution is 6.31. The molecule has 1 unspecified atom stereocenters. The molecule has 0 N–H and O–H groups in total. The van der Waals surface area contributed by atoms with E-state index in [9.17, 15) is 0 Å². The van der Waals surface area contributed by atoms with E-state index in [1.165, 1.54) is 5.69 Å². The van der Waals surface area contributed by atoms with Gasteiger partial charge in [0.05, 0.1) is 11.4 Å². The molecule has 4 heteroatoms. The van der Waals surface area contributed by atoms with Crippen LogP contribution in [-0.4, -0.2) is 43.8 Å². The van der Waals surface area contributed by atoms with Crippen molar-refractivity contribution in [3.63, 3.8) is 0 Å². The predicted molar refractivity (Wildman–Crippen MR) is 72.9 cm³/mol. The minimum Gasteiger partial charge on any atom is -0.364 e. The molecule has 0 spiro atoms. The second-order valence-electron chi connectivity index (χ2n) is 4.79. The van der Waals surface area contributed by atoms with Crippen LogP contribution in [0.4, 0.5) is 11.4 Å². The molecule has 1 aromatic rings. The van der Waals surface area contributed by atoms with Crippen molar-refractivity contribution in [2.24, 2.45) is 4.99 Å². The summed E-state index contributed by atoms with van der Waals surface area (Å²) in [6, 6.07) is 6.48. The summed E-state index contributed by atoms with van der Waals surface area (Å²) in [5, 5.41) is 0.790. The van der Waals surface area contributed by atoms with E-state index in [2.05, 4.69) is 21.8 Å².